The average molecular weight is 298 g/mol. The SMILES string of the molecule is C=C(CNC(C)C)COCc1ccc(Br)cc1. The number of benzene rings is 1. The van der Waals surface area contributed by atoms with Crippen molar-refractivity contribution in [3.63, 3.8) is 0 Å². The van der Waals surface area contributed by atoms with Crippen molar-refractivity contribution in [2.75, 3.05) is 13.2 Å². The maximum absolute atomic E-state index is 5.60. The van der Waals surface area contributed by atoms with Crippen LogP contribution in [0.15, 0.2) is 40.9 Å². The Balaban J connectivity index is 2.19. The van der Waals surface area contributed by atoms with Crippen molar-refractivity contribution in [3.05, 3.63) is 46.5 Å². The molecule has 0 spiro atoms. The van der Waals surface area contributed by atoms with E-state index in [2.05, 4.69) is 53.8 Å². The number of nitrogens with one attached hydrogen (secondary N) is 1. The second-order valence-electron chi connectivity index (χ2n) is 4.40. The van der Waals surface area contributed by atoms with E-state index in [4.69, 9.17) is 4.74 Å². The summed E-state index contributed by atoms with van der Waals surface area (Å²) >= 11 is 3.41. The zero-order chi connectivity index (χ0) is 12.7. The van der Waals surface area contributed by atoms with Crippen molar-refractivity contribution in [1.82, 2.24) is 5.32 Å². The van der Waals surface area contributed by atoms with Crippen LogP contribution in [0.2, 0.25) is 0 Å². The molecule has 0 unspecified atom stereocenters. The molecule has 0 fully saturated rings. The summed E-state index contributed by atoms with van der Waals surface area (Å²) in [7, 11) is 0. The molecule has 0 radical (unpaired) electrons. The number of rotatable bonds is 7. The van der Waals surface area contributed by atoms with Crippen LogP contribution in [0.4, 0.5) is 0 Å². The predicted octanol–water partition coefficient (Wildman–Crippen LogP) is 3.52. The third-order valence-electron chi connectivity index (χ3n) is 2.25. The van der Waals surface area contributed by atoms with Crippen molar-refractivity contribution in [1.29, 1.82) is 0 Å². The quantitative estimate of drug-likeness (QED) is 0.778. The average Bonchev–Trinajstić information content (AvgIpc) is 2.29. The van der Waals surface area contributed by atoms with E-state index in [-0.39, 0.29) is 0 Å². The molecular formula is C14H20BrNO. The third kappa shape index (κ3) is 6.61. The Morgan fingerprint density at radius 2 is 2.00 bits per heavy atom. The van der Waals surface area contributed by atoms with Crippen LogP contribution in [0.5, 0.6) is 0 Å². The molecule has 17 heavy (non-hydrogen) atoms. The second kappa shape index (κ2) is 7.64. The minimum absolute atomic E-state index is 0.484. The van der Waals surface area contributed by atoms with Gasteiger partial charge in [0.1, 0.15) is 0 Å². The fourth-order valence-corrected chi connectivity index (χ4v) is 1.56. The fourth-order valence-electron chi connectivity index (χ4n) is 1.29. The lowest BCUT2D eigenvalue weighted by Crippen LogP contribution is -2.25. The van der Waals surface area contributed by atoms with E-state index >= 15 is 0 Å². The molecule has 1 aromatic rings. The van der Waals surface area contributed by atoms with Gasteiger partial charge in [-0.05, 0) is 23.3 Å². The lowest BCUT2D eigenvalue weighted by atomic mass is 10.2. The van der Waals surface area contributed by atoms with Gasteiger partial charge in [0.05, 0.1) is 13.2 Å². The Hall–Kier alpha value is -0.640. The van der Waals surface area contributed by atoms with Crippen molar-refractivity contribution in [2.24, 2.45) is 0 Å². The molecule has 0 aliphatic heterocycles. The Kier molecular flexibility index (Phi) is 6.48. The first-order valence-corrected chi connectivity index (χ1v) is 6.59. The molecule has 0 aromatic heterocycles. The lowest BCUT2D eigenvalue weighted by molar-refractivity contribution is 0.141. The van der Waals surface area contributed by atoms with Gasteiger partial charge in [0.2, 0.25) is 0 Å². The standard InChI is InChI=1S/C14H20BrNO/c1-11(2)16-8-12(3)9-17-10-13-4-6-14(15)7-5-13/h4-7,11,16H,3,8-10H2,1-2H3. The van der Waals surface area contributed by atoms with Crippen LogP contribution < -0.4 is 5.32 Å². The maximum Gasteiger partial charge on any atom is 0.0721 e. The van der Waals surface area contributed by atoms with Crippen LogP contribution in [0.1, 0.15) is 19.4 Å². The van der Waals surface area contributed by atoms with E-state index < -0.39 is 0 Å². The van der Waals surface area contributed by atoms with E-state index in [1.165, 1.54) is 5.56 Å². The molecule has 1 rings (SSSR count). The Morgan fingerprint density at radius 3 is 2.59 bits per heavy atom. The minimum atomic E-state index is 0.484. The lowest BCUT2D eigenvalue weighted by Gasteiger charge is -2.11. The molecule has 3 heteroatoms. The van der Waals surface area contributed by atoms with Gasteiger partial charge in [-0.3, -0.25) is 0 Å². The van der Waals surface area contributed by atoms with Crippen molar-refractivity contribution in [2.45, 2.75) is 26.5 Å². The topological polar surface area (TPSA) is 21.3 Å². The summed E-state index contributed by atoms with van der Waals surface area (Å²) in [6.45, 7) is 10.3. The number of ether oxygens (including phenoxy) is 1. The largest absolute Gasteiger partial charge is 0.372 e. The molecule has 0 bridgehead atoms. The predicted molar refractivity (Wildman–Crippen MR) is 76.1 cm³/mol. The summed E-state index contributed by atoms with van der Waals surface area (Å²) in [5.41, 5.74) is 2.26. The fraction of sp³-hybridized carbons (Fsp3) is 0.429. The summed E-state index contributed by atoms with van der Waals surface area (Å²) in [5.74, 6) is 0. The van der Waals surface area contributed by atoms with E-state index in [9.17, 15) is 0 Å². The smallest absolute Gasteiger partial charge is 0.0721 e. The first-order valence-electron chi connectivity index (χ1n) is 5.80. The van der Waals surface area contributed by atoms with Gasteiger partial charge in [0, 0.05) is 17.1 Å². The molecular weight excluding hydrogens is 278 g/mol. The van der Waals surface area contributed by atoms with Crippen LogP contribution >= 0.6 is 15.9 Å². The summed E-state index contributed by atoms with van der Waals surface area (Å²) in [4.78, 5) is 0. The Bertz CT molecular complexity index is 346. The van der Waals surface area contributed by atoms with E-state index in [0.717, 1.165) is 16.6 Å². The molecule has 0 saturated heterocycles. The van der Waals surface area contributed by atoms with E-state index in [0.29, 0.717) is 19.3 Å². The van der Waals surface area contributed by atoms with Gasteiger partial charge in [0.15, 0.2) is 0 Å². The number of hydrogen-bond acceptors (Lipinski definition) is 2. The summed E-state index contributed by atoms with van der Waals surface area (Å²) in [6, 6.07) is 8.64. The Morgan fingerprint density at radius 1 is 1.35 bits per heavy atom. The third-order valence-corrected chi connectivity index (χ3v) is 2.78. The van der Waals surface area contributed by atoms with Crippen molar-refractivity contribution < 1.29 is 4.74 Å². The number of hydrogen-bond donors (Lipinski definition) is 1. The molecule has 0 saturated carbocycles. The molecule has 1 N–H and O–H groups in total. The van der Waals surface area contributed by atoms with Gasteiger partial charge < -0.3 is 10.1 Å². The molecule has 0 amide bonds. The monoisotopic (exact) mass is 297 g/mol. The molecule has 0 aliphatic carbocycles. The van der Waals surface area contributed by atoms with Gasteiger partial charge in [-0.2, -0.15) is 0 Å². The first kappa shape index (κ1) is 14.4. The second-order valence-corrected chi connectivity index (χ2v) is 5.32. The van der Waals surface area contributed by atoms with Crippen LogP contribution in [0.3, 0.4) is 0 Å². The molecule has 94 valence electrons. The van der Waals surface area contributed by atoms with E-state index in [1.54, 1.807) is 0 Å². The molecule has 0 aliphatic rings. The maximum atomic E-state index is 5.60. The van der Waals surface area contributed by atoms with Crippen LogP contribution in [0, 0.1) is 0 Å². The van der Waals surface area contributed by atoms with Gasteiger partial charge in [0.25, 0.3) is 0 Å². The Labute approximate surface area is 112 Å². The van der Waals surface area contributed by atoms with Gasteiger partial charge in [-0.15, -0.1) is 0 Å². The highest BCUT2D eigenvalue weighted by Gasteiger charge is 1.98. The molecule has 0 heterocycles. The summed E-state index contributed by atoms with van der Waals surface area (Å²) < 4.78 is 6.69. The van der Waals surface area contributed by atoms with Crippen LogP contribution in [-0.4, -0.2) is 19.2 Å². The van der Waals surface area contributed by atoms with Gasteiger partial charge in [-0.25, -0.2) is 0 Å². The number of halogens is 1. The highest BCUT2D eigenvalue weighted by Crippen LogP contribution is 2.11. The van der Waals surface area contributed by atoms with Crippen LogP contribution in [0.25, 0.3) is 0 Å². The zero-order valence-electron chi connectivity index (χ0n) is 10.5. The van der Waals surface area contributed by atoms with Crippen LogP contribution in [-0.2, 0) is 11.3 Å². The summed E-state index contributed by atoms with van der Waals surface area (Å²) in [6.07, 6.45) is 0. The minimum Gasteiger partial charge on any atom is -0.372 e. The molecule has 2 nitrogen and oxygen atoms in total. The highest BCUT2D eigenvalue weighted by molar-refractivity contribution is 9.10. The summed E-state index contributed by atoms with van der Waals surface area (Å²) in [5, 5.41) is 3.32. The zero-order valence-corrected chi connectivity index (χ0v) is 12.1. The molecule has 0 atom stereocenters. The first-order chi connectivity index (χ1) is 8.08. The van der Waals surface area contributed by atoms with Gasteiger partial charge in [-0.1, -0.05) is 48.5 Å². The highest BCUT2D eigenvalue weighted by atomic mass is 79.9. The van der Waals surface area contributed by atoms with Crippen molar-refractivity contribution in [3.8, 4) is 0 Å². The van der Waals surface area contributed by atoms with Crippen molar-refractivity contribution >= 4 is 15.9 Å². The van der Waals surface area contributed by atoms with Gasteiger partial charge >= 0.3 is 0 Å². The molecule has 1 aromatic carbocycles. The normalized spacial score (nSPS) is 10.8. The van der Waals surface area contributed by atoms with E-state index in [1.807, 2.05) is 12.1 Å².